The molecule has 8 heteroatoms. The van der Waals surface area contributed by atoms with Gasteiger partial charge in [-0.2, -0.15) is 0 Å². The van der Waals surface area contributed by atoms with Gasteiger partial charge in [-0.15, -0.1) is 0 Å². The van der Waals surface area contributed by atoms with E-state index in [4.69, 9.17) is 9.15 Å². The van der Waals surface area contributed by atoms with Crippen molar-refractivity contribution in [1.29, 1.82) is 0 Å². The Balaban J connectivity index is 1.88. The first kappa shape index (κ1) is 17.1. The number of ether oxygens (including phenoxy) is 2. The molecule has 0 aliphatic carbocycles. The van der Waals surface area contributed by atoms with E-state index in [-0.39, 0.29) is 17.5 Å². The van der Waals surface area contributed by atoms with Gasteiger partial charge in [0.25, 0.3) is 5.91 Å². The number of hydrogen-bond acceptors (Lipinski definition) is 7. The molecule has 0 bridgehead atoms. The molecule has 2 aromatic heterocycles. The lowest BCUT2D eigenvalue weighted by Gasteiger charge is -2.03. The highest BCUT2D eigenvalue weighted by Gasteiger charge is 2.22. The number of hydrogen-bond donors (Lipinski definition) is 1. The van der Waals surface area contributed by atoms with Crippen LogP contribution in [0.15, 0.2) is 34.9 Å². The lowest BCUT2D eigenvalue weighted by atomic mass is 10.1. The predicted octanol–water partition coefficient (Wildman–Crippen LogP) is 3.46. The second kappa shape index (κ2) is 7.45. The van der Waals surface area contributed by atoms with Gasteiger partial charge in [-0.25, -0.2) is 9.78 Å². The summed E-state index contributed by atoms with van der Waals surface area (Å²) in [5.41, 5.74) is 1.29. The average molecular weight is 360 g/mol. The highest BCUT2D eigenvalue weighted by atomic mass is 32.1. The van der Waals surface area contributed by atoms with Crippen LogP contribution in [0, 0.1) is 0 Å². The molecule has 1 aromatic carbocycles. The van der Waals surface area contributed by atoms with Crippen LogP contribution in [0.3, 0.4) is 0 Å². The Bertz CT molecular complexity index is 915. The molecule has 0 radical (unpaired) electrons. The summed E-state index contributed by atoms with van der Waals surface area (Å²) in [6.45, 7) is 2.67. The molecule has 3 aromatic rings. The van der Waals surface area contributed by atoms with Crippen LogP contribution in [0.4, 0.5) is 5.13 Å². The summed E-state index contributed by atoms with van der Waals surface area (Å²) < 4.78 is 15.8. The molecule has 2 heterocycles. The summed E-state index contributed by atoms with van der Waals surface area (Å²) in [6.07, 6.45) is 1.35. The number of amides is 1. The number of furan rings is 1. The van der Waals surface area contributed by atoms with Crippen LogP contribution in [0.2, 0.25) is 0 Å². The van der Waals surface area contributed by atoms with Crippen molar-refractivity contribution >= 4 is 39.3 Å². The zero-order valence-electron chi connectivity index (χ0n) is 13.7. The van der Waals surface area contributed by atoms with E-state index in [1.165, 1.54) is 13.3 Å². The Labute approximate surface area is 147 Å². The second-order valence-electron chi connectivity index (χ2n) is 5.02. The average Bonchev–Trinajstić information content (AvgIpc) is 3.23. The minimum absolute atomic E-state index is 0.171. The fourth-order valence-electron chi connectivity index (χ4n) is 2.31. The van der Waals surface area contributed by atoms with Crippen LogP contribution in [-0.4, -0.2) is 30.6 Å². The summed E-state index contributed by atoms with van der Waals surface area (Å²) >= 11 is 1.03. The summed E-state index contributed by atoms with van der Waals surface area (Å²) in [5.74, 6) is -0.778. The van der Waals surface area contributed by atoms with E-state index < -0.39 is 11.9 Å². The van der Waals surface area contributed by atoms with E-state index in [9.17, 15) is 9.59 Å². The minimum atomic E-state index is -0.501. The first-order valence-corrected chi connectivity index (χ1v) is 8.39. The molecule has 0 spiro atoms. The molecule has 1 N–H and O–H groups in total. The fraction of sp³-hybridized carbons (Fsp3) is 0.235. The van der Waals surface area contributed by atoms with Crippen molar-refractivity contribution in [2.24, 2.45) is 0 Å². The number of fused-ring (bicyclic) bond motifs is 1. The third-order valence-electron chi connectivity index (χ3n) is 3.47. The molecule has 1 amide bonds. The number of methoxy groups -OCH3 is 1. The van der Waals surface area contributed by atoms with Crippen LogP contribution in [0.5, 0.6) is 0 Å². The normalized spacial score (nSPS) is 10.8. The van der Waals surface area contributed by atoms with Gasteiger partial charge in [0, 0.05) is 17.6 Å². The van der Waals surface area contributed by atoms with Gasteiger partial charge < -0.3 is 13.9 Å². The lowest BCUT2D eigenvalue weighted by Crippen LogP contribution is -2.13. The maximum absolute atomic E-state index is 12.6. The van der Waals surface area contributed by atoms with Gasteiger partial charge in [0.1, 0.15) is 10.5 Å². The Kier molecular flexibility index (Phi) is 5.11. The third kappa shape index (κ3) is 3.54. The first-order valence-electron chi connectivity index (χ1n) is 7.57. The number of carbonyl (C=O) groups excluding carboxylic acids is 2. The maximum Gasteiger partial charge on any atom is 0.349 e. The molecule has 0 aliphatic heterocycles. The molecular weight excluding hydrogens is 344 g/mol. The summed E-state index contributed by atoms with van der Waals surface area (Å²) in [5, 5.41) is 3.76. The van der Waals surface area contributed by atoms with Crippen molar-refractivity contribution < 1.29 is 23.5 Å². The highest BCUT2D eigenvalue weighted by molar-refractivity contribution is 7.17. The number of thiazole rings is 1. The summed E-state index contributed by atoms with van der Waals surface area (Å²) in [6, 6.07) is 7.38. The van der Waals surface area contributed by atoms with E-state index in [1.807, 2.05) is 25.1 Å². The first-order chi connectivity index (χ1) is 12.1. The summed E-state index contributed by atoms with van der Waals surface area (Å²) in [7, 11) is 1.29. The SMILES string of the molecule is CCOCc1c(C(=O)Nc2ncc(C(=O)OC)s2)oc2ccccc12. The van der Waals surface area contributed by atoms with Crippen molar-refractivity contribution in [3.8, 4) is 0 Å². The van der Waals surface area contributed by atoms with Gasteiger partial charge in [0.2, 0.25) is 0 Å². The molecule has 25 heavy (non-hydrogen) atoms. The Morgan fingerprint density at radius 3 is 2.88 bits per heavy atom. The highest BCUT2D eigenvalue weighted by Crippen LogP contribution is 2.28. The Morgan fingerprint density at radius 2 is 2.12 bits per heavy atom. The molecule has 0 fully saturated rings. The number of nitrogens with zero attached hydrogens (tertiary/aromatic N) is 1. The second-order valence-corrected chi connectivity index (χ2v) is 6.05. The van der Waals surface area contributed by atoms with Crippen LogP contribution in [0.1, 0.15) is 32.7 Å². The van der Waals surface area contributed by atoms with Crippen LogP contribution < -0.4 is 5.32 Å². The number of nitrogens with one attached hydrogen (secondary N) is 1. The lowest BCUT2D eigenvalue weighted by molar-refractivity contribution is 0.0606. The molecule has 7 nitrogen and oxygen atoms in total. The number of aromatic nitrogens is 1. The van der Waals surface area contributed by atoms with E-state index in [0.717, 1.165) is 16.7 Å². The van der Waals surface area contributed by atoms with E-state index in [2.05, 4.69) is 15.0 Å². The number of carbonyl (C=O) groups is 2. The van der Waals surface area contributed by atoms with Gasteiger partial charge in [-0.3, -0.25) is 10.1 Å². The van der Waals surface area contributed by atoms with Gasteiger partial charge in [-0.05, 0) is 13.0 Å². The monoisotopic (exact) mass is 360 g/mol. The van der Waals surface area contributed by atoms with Gasteiger partial charge in [0.15, 0.2) is 10.9 Å². The van der Waals surface area contributed by atoms with E-state index in [1.54, 1.807) is 6.07 Å². The fourth-order valence-corrected chi connectivity index (χ4v) is 3.04. The molecule has 0 saturated heterocycles. The number of esters is 1. The van der Waals surface area contributed by atoms with Crippen LogP contribution in [0.25, 0.3) is 11.0 Å². The smallest absolute Gasteiger partial charge is 0.349 e. The van der Waals surface area contributed by atoms with Crippen molar-refractivity contribution in [3.05, 3.63) is 46.7 Å². The third-order valence-corrected chi connectivity index (χ3v) is 4.36. The van der Waals surface area contributed by atoms with Gasteiger partial charge >= 0.3 is 5.97 Å². The van der Waals surface area contributed by atoms with E-state index >= 15 is 0 Å². The van der Waals surface area contributed by atoms with Crippen LogP contribution in [-0.2, 0) is 16.1 Å². The van der Waals surface area contributed by atoms with Crippen molar-refractivity contribution in [3.63, 3.8) is 0 Å². The van der Waals surface area contributed by atoms with Gasteiger partial charge in [-0.1, -0.05) is 29.5 Å². The number of para-hydroxylation sites is 1. The van der Waals surface area contributed by atoms with Crippen molar-refractivity contribution in [1.82, 2.24) is 4.98 Å². The van der Waals surface area contributed by atoms with Crippen molar-refractivity contribution in [2.75, 3.05) is 19.0 Å². The topological polar surface area (TPSA) is 90.7 Å². The standard InChI is InChI=1S/C17H16N2O5S/c1-3-23-9-11-10-6-4-5-7-12(10)24-14(11)15(20)19-17-18-8-13(25-17)16(21)22-2/h4-8H,3,9H2,1-2H3,(H,18,19,20). The number of anilines is 1. The molecule has 0 aliphatic rings. The Morgan fingerprint density at radius 1 is 1.32 bits per heavy atom. The van der Waals surface area contributed by atoms with E-state index in [0.29, 0.717) is 22.6 Å². The van der Waals surface area contributed by atoms with Crippen LogP contribution >= 0.6 is 11.3 Å². The molecule has 0 saturated carbocycles. The maximum atomic E-state index is 12.6. The Hall–Kier alpha value is -2.71. The largest absolute Gasteiger partial charge is 0.465 e. The minimum Gasteiger partial charge on any atom is -0.465 e. The van der Waals surface area contributed by atoms with Crippen molar-refractivity contribution in [2.45, 2.75) is 13.5 Å². The van der Waals surface area contributed by atoms with Gasteiger partial charge in [0.05, 0.1) is 19.9 Å². The number of benzene rings is 1. The molecule has 3 rings (SSSR count). The molecule has 0 unspecified atom stereocenters. The molecular formula is C17H16N2O5S. The zero-order chi connectivity index (χ0) is 17.8. The molecule has 0 atom stereocenters. The predicted molar refractivity (Wildman–Crippen MR) is 93.0 cm³/mol. The number of rotatable bonds is 6. The zero-order valence-corrected chi connectivity index (χ0v) is 14.5. The summed E-state index contributed by atoms with van der Waals surface area (Å²) in [4.78, 5) is 28.4. The molecule has 130 valence electrons. The quantitative estimate of drug-likeness (QED) is 0.677.